The summed E-state index contributed by atoms with van der Waals surface area (Å²) in [5, 5.41) is 10.9. The number of nitrogens with zero attached hydrogens (tertiary/aromatic N) is 3. The van der Waals surface area contributed by atoms with Crippen molar-refractivity contribution in [3.8, 4) is 0 Å². The van der Waals surface area contributed by atoms with Gasteiger partial charge in [-0.15, -0.1) is 0 Å². The average Bonchev–Trinajstić information content (AvgIpc) is 2.77. The van der Waals surface area contributed by atoms with Crippen molar-refractivity contribution in [1.82, 2.24) is 9.21 Å². The number of nitro benzene ring substituents is 1. The highest BCUT2D eigenvalue weighted by Gasteiger charge is 2.31. The monoisotopic (exact) mass is 469 g/mol. The third-order valence-corrected chi connectivity index (χ3v) is 6.77. The fourth-order valence-corrected chi connectivity index (χ4v) is 4.57. The van der Waals surface area contributed by atoms with Crippen molar-refractivity contribution in [3.63, 3.8) is 0 Å². The van der Waals surface area contributed by atoms with Crippen LogP contribution in [0.15, 0.2) is 59.5 Å². The van der Waals surface area contributed by atoms with E-state index in [4.69, 9.17) is 0 Å². The number of benzene rings is 2. The van der Waals surface area contributed by atoms with Crippen LogP contribution < -0.4 is 0 Å². The summed E-state index contributed by atoms with van der Waals surface area (Å²) >= 11 is 0. The lowest BCUT2D eigenvalue weighted by molar-refractivity contribution is -0.385. The van der Waals surface area contributed by atoms with Gasteiger partial charge in [0.15, 0.2) is 0 Å². The molecule has 2 aromatic carbocycles. The Labute approximate surface area is 181 Å². The maximum Gasteiger partial charge on any atom is 0.416 e. The summed E-state index contributed by atoms with van der Waals surface area (Å²) in [7, 11) is -3.96. The van der Waals surface area contributed by atoms with E-state index in [9.17, 15) is 36.5 Å². The molecule has 1 aliphatic heterocycles. The summed E-state index contributed by atoms with van der Waals surface area (Å²) in [5.74, 6) is -0.405. The molecule has 1 fully saturated rings. The lowest BCUT2D eigenvalue weighted by Crippen LogP contribution is -2.50. The molecule has 0 aliphatic carbocycles. The van der Waals surface area contributed by atoms with Crippen molar-refractivity contribution in [2.45, 2.75) is 11.1 Å². The summed E-state index contributed by atoms with van der Waals surface area (Å²) in [5.41, 5.74) is -0.714. The second-order valence-corrected chi connectivity index (χ2v) is 8.87. The van der Waals surface area contributed by atoms with Gasteiger partial charge in [0.1, 0.15) is 0 Å². The molecule has 0 bridgehead atoms. The van der Waals surface area contributed by atoms with Crippen LogP contribution in [-0.4, -0.2) is 54.6 Å². The SMILES string of the molecule is O=C(/C=C/c1ccc(C(F)(F)F)cc1)N1CCN(S(=O)(=O)c2cccc([N+](=O)[O-])c2)CC1. The molecule has 1 heterocycles. The van der Waals surface area contributed by atoms with Crippen molar-refractivity contribution >= 4 is 27.7 Å². The van der Waals surface area contributed by atoms with Crippen LogP contribution >= 0.6 is 0 Å². The molecule has 0 saturated carbocycles. The van der Waals surface area contributed by atoms with Gasteiger partial charge in [0.05, 0.1) is 15.4 Å². The molecule has 3 rings (SSSR count). The van der Waals surface area contributed by atoms with Gasteiger partial charge in [-0.3, -0.25) is 14.9 Å². The van der Waals surface area contributed by atoms with Crippen molar-refractivity contribution in [2.24, 2.45) is 0 Å². The molecule has 8 nitrogen and oxygen atoms in total. The first-order valence-electron chi connectivity index (χ1n) is 9.37. The quantitative estimate of drug-likeness (QED) is 0.380. The first-order valence-corrected chi connectivity index (χ1v) is 10.8. The van der Waals surface area contributed by atoms with Gasteiger partial charge in [-0.25, -0.2) is 8.42 Å². The van der Waals surface area contributed by atoms with Gasteiger partial charge >= 0.3 is 6.18 Å². The van der Waals surface area contributed by atoms with E-state index in [2.05, 4.69) is 0 Å². The van der Waals surface area contributed by atoms with Crippen molar-refractivity contribution in [2.75, 3.05) is 26.2 Å². The number of non-ortho nitro benzene ring substituents is 1. The molecule has 0 N–H and O–H groups in total. The average molecular weight is 469 g/mol. The number of carbonyl (C=O) groups is 1. The molecule has 32 heavy (non-hydrogen) atoms. The highest BCUT2D eigenvalue weighted by atomic mass is 32.2. The fourth-order valence-electron chi connectivity index (χ4n) is 3.11. The Morgan fingerprint density at radius 1 is 1.03 bits per heavy atom. The lowest BCUT2D eigenvalue weighted by atomic mass is 10.1. The zero-order valence-electron chi connectivity index (χ0n) is 16.5. The van der Waals surface area contributed by atoms with Gasteiger partial charge in [-0.1, -0.05) is 18.2 Å². The first kappa shape index (κ1) is 23.4. The molecule has 0 radical (unpaired) electrons. The number of piperazine rings is 1. The number of alkyl halides is 3. The molecule has 2 aromatic rings. The largest absolute Gasteiger partial charge is 0.416 e. The Hall–Kier alpha value is -3.25. The summed E-state index contributed by atoms with van der Waals surface area (Å²) in [6.07, 6.45) is -1.84. The molecule has 12 heteroatoms. The normalized spacial score (nSPS) is 15.8. The van der Waals surface area contributed by atoms with E-state index in [1.807, 2.05) is 0 Å². The molecule has 0 spiro atoms. The summed E-state index contributed by atoms with van der Waals surface area (Å²) < 4.78 is 64.5. The number of hydrogen-bond acceptors (Lipinski definition) is 5. The van der Waals surface area contributed by atoms with Crippen LogP contribution in [-0.2, 0) is 21.0 Å². The number of rotatable bonds is 5. The minimum atomic E-state index is -4.44. The lowest BCUT2D eigenvalue weighted by Gasteiger charge is -2.33. The molecule has 1 saturated heterocycles. The van der Waals surface area contributed by atoms with Crippen LogP contribution in [0.2, 0.25) is 0 Å². The molecular formula is C20H18F3N3O5S. The molecule has 0 atom stereocenters. The van der Waals surface area contributed by atoms with Crippen LogP contribution in [0, 0.1) is 10.1 Å². The van der Waals surface area contributed by atoms with E-state index >= 15 is 0 Å². The fraction of sp³-hybridized carbons (Fsp3) is 0.250. The second kappa shape index (κ2) is 9.09. The smallest absolute Gasteiger partial charge is 0.337 e. The minimum absolute atomic E-state index is 0.00485. The van der Waals surface area contributed by atoms with E-state index < -0.39 is 32.6 Å². The third-order valence-electron chi connectivity index (χ3n) is 4.87. The van der Waals surface area contributed by atoms with Gasteiger partial charge in [0.2, 0.25) is 15.9 Å². The molecule has 0 aromatic heterocycles. The van der Waals surface area contributed by atoms with Gasteiger partial charge < -0.3 is 4.90 Å². The Morgan fingerprint density at radius 2 is 1.66 bits per heavy atom. The number of nitro groups is 1. The van der Waals surface area contributed by atoms with Gasteiger partial charge in [0.25, 0.3) is 5.69 Å². The number of carbonyl (C=O) groups excluding carboxylic acids is 1. The number of hydrogen-bond donors (Lipinski definition) is 0. The summed E-state index contributed by atoms with van der Waals surface area (Å²) in [6.45, 7) is 0.213. The van der Waals surface area contributed by atoms with Crippen molar-refractivity contribution < 1.29 is 31.3 Å². The molecular weight excluding hydrogens is 451 g/mol. The van der Waals surface area contributed by atoms with E-state index in [0.717, 1.165) is 22.5 Å². The maximum absolute atomic E-state index is 12.8. The van der Waals surface area contributed by atoms with E-state index in [1.165, 1.54) is 47.4 Å². The Morgan fingerprint density at radius 3 is 2.22 bits per heavy atom. The highest BCUT2D eigenvalue weighted by molar-refractivity contribution is 7.89. The summed E-state index contributed by atoms with van der Waals surface area (Å²) in [4.78, 5) is 23.8. The molecule has 170 valence electrons. The van der Waals surface area contributed by atoms with E-state index in [0.29, 0.717) is 5.56 Å². The molecule has 1 aliphatic rings. The predicted molar refractivity (Wildman–Crippen MR) is 109 cm³/mol. The van der Waals surface area contributed by atoms with Crippen LogP contribution in [0.25, 0.3) is 6.08 Å². The van der Waals surface area contributed by atoms with Crippen LogP contribution in [0.1, 0.15) is 11.1 Å². The van der Waals surface area contributed by atoms with Crippen LogP contribution in [0.4, 0.5) is 18.9 Å². The van der Waals surface area contributed by atoms with E-state index in [-0.39, 0.29) is 36.8 Å². The summed E-state index contributed by atoms with van der Waals surface area (Å²) in [6, 6.07) is 9.07. The molecule has 1 amide bonds. The van der Waals surface area contributed by atoms with Gasteiger partial charge in [0, 0.05) is 44.4 Å². The van der Waals surface area contributed by atoms with Gasteiger partial charge in [-0.2, -0.15) is 17.5 Å². The van der Waals surface area contributed by atoms with Gasteiger partial charge in [-0.05, 0) is 29.8 Å². The Kier molecular flexibility index (Phi) is 6.65. The zero-order valence-corrected chi connectivity index (χ0v) is 17.3. The minimum Gasteiger partial charge on any atom is -0.337 e. The number of halogens is 3. The van der Waals surface area contributed by atoms with E-state index in [1.54, 1.807) is 0 Å². The second-order valence-electron chi connectivity index (χ2n) is 6.94. The van der Waals surface area contributed by atoms with Crippen molar-refractivity contribution in [3.05, 3.63) is 75.8 Å². The molecule has 0 unspecified atom stereocenters. The Balaban J connectivity index is 1.61. The van der Waals surface area contributed by atoms with Crippen LogP contribution in [0.5, 0.6) is 0 Å². The zero-order chi connectivity index (χ0) is 23.5. The number of amides is 1. The topological polar surface area (TPSA) is 101 Å². The van der Waals surface area contributed by atoms with Crippen molar-refractivity contribution in [1.29, 1.82) is 0 Å². The third kappa shape index (κ3) is 5.32. The van der Waals surface area contributed by atoms with Crippen LogP contribution in [0.3, 0.4) is 0 Å². The number of sulfonamides is 1. The standard InChI is InChI=1S/C20H18F3N3O5S/c21-20(22,23)16-7-4-15(5-8-16)6-9-19(27)24-10-12-25(13-11-24)32(30,31)18-3-1-2-17(14-18)26(28)29/h1-9,14H,10-13H2/b9-6+. The maximum atomic E-state index is 12.8. The highest BCUT2D eigenvalue weighted by Crippen LogP contribution is 2.29. The Bertz CT molecular complexity index is 1140. The predicted octanol–water partition coefficient (Wildman–Crippen LogP) is 3.16. The first-order chi connectivity index (χ1) is 15.0.